The highest BCUT2D eigenvalue weighted by Gasteiger charge is 2.14. The number of amides is 1. The zero-order valence-electron chi connectivity index (χ0n) is 11.0. The molecule has 21 heavy (non-hydrogen) atoms. The summed E-state index contributed by atoms with van der Waals surface area (Å²) in [6, 6.07) is 4.97. The van der Waals surface area contributed by atoms with Gasteiger partial charge in [-0.3, -0.25) is 9.59 Å². The van der Waals surface area contributed by atoms with Crippen LogP contribution >= 0.6 is 0 Å². The molecule has 1 aromatic heterocycles. The van der Waals surface area contributed by atoms with Crippen molar-refractivity contribution < 1.29 is 24.6 Å². The van der Waals surface area contributed by atoms with Crippen molar-refractivity contribution >= 4 is 23.3 Å². The van der Waals surface area contributed by atoms with E-state index >= 15 is 0 Å². The molecular formula is C14H12N2O5. The van der Waals surface area contributed by atoms with E-state index < -0.39 is 11.9 Å². The van der Waals surface area contributed by atoms with Gasteiger partial charge in [0.25, 0.3) is 5.91 Å². The molecule has 108 valence electrons. The average Bonchev–Trinajstić information content (AvgIpc) is 2.90. The Hall–Kier alpha value is -3.09. The van der Waals surface area contributed by atoms with E-state index in [1.165, 1.54) is 31.3 Å². The first kappa shape index (κ1) is 14.3. The predicted octanol–water partition coefficient (Wildman–Crippen LogP) is 1.87. The highest BCUT2D eigenvalue weighted by molar-refractivity contribution is 6.06. The third kappa shape index (κ3) is 3.08. The number of aromatic hydroxyl groups is 1. The molecule has 2 aromatic rings. The van der Waals surface area contributed by atoms with Gasteiger partial charge in [-0.1, -0.05) is 0 Å². The fraction of sp³-hybridized carbons (Fsp3) is 0.0714. The summed E-state index contributed by atoms with van der Waals surface area (Å²) in [6.07, 6.45) is 1.41. The van der Waals surface area contributed by atoms with Gasteiger partial charge in [-0.05, 0) is 31.2 Å². The number of carboxylic acids is 1. The van der Waals surface area contributed by atoms with E-state index in [2.05, 4.69) is 10.3 Å². The number of aromatic amines is 1. The standard InChI is InChI=1S/C14H12N2O5/c1-7(17)9-4-11(15-6-9)13(19)16-10-3-2-8(14(20)21)5-12(10)18/h2-6,15,18H,1H3,(H,16,19)(H,20,21). The summed E-state index contributed by atoms with van der Waals surface area (Å²) in [5.74, 6) is -2.28. The van der Waals surface area contributed by atoms with Crippen LogP contribution in [-0.4, -0.2) is 32.9 Å². The van der Waals surface area contributed by atoms with Crippen molar-refractivity contribution in [3.63, 3.8) is 0 Å². The van der Waals surface area contributed by atoms with Gasteiger partial charge in [-0.25, -0.2) is 4.79 Å². The summed E-state index contributed by atoms with van der Waals surface area (Å²) in [6.45, 7) is 1.38. The van der Waals surface area contributed by atoms with Crippen LogP contribution in [0.25, 0.3) is 0 Å². The van der Waals surface area contributed by atoms with Crippen molar-refractivity contribution in [2.45, 2.75) is 6.92 Å². The molecule has 4 N–H and O–H groups in total. The van der Waals surface area contributed by atoms with E-state index in [0.29, 0.717) is 5.56 Å². The number of ketones is 1. The molecule has 0 saturated carbocycles. The van der Waals surface area contributed by atoms with Crippen LogP contribution in [-0.2, 0) is 0 Å². The number of phenolic OH excluding ortho intramolecular Hbond substituents is 1. The number of aromatic nitrogens is 1. The fourth-order valence-corrected chi connectivity index (χ4v) is 1.69. The zero-order valence-corrected chi connectivity index (χ0v) is 11.0. The average molecular weight is 288 g/mol. The Bertz CT molecular complexity index is 733. The van der Waals surface area contributed by atoms with Crippen LogP contribution in [0.15, 0.2) is 30.5 Å². The van der Waals surface area contributed by atoms with Gasteiger partial charge in [-0.2, -0.15) is 0 Å². The van der Waals surface area contributed by atoms with Crippen molar-refractivity contribution in [3.8, 4) is 5.75 Å². The van der Waals surface area contributed by atoms with Gasteiger partial charge in [-0.15, -0.1) is 0 Å². The summed E-state index contributed by atoms with van der Waals surface area (Å²) in [7, 11) is 0. The lowest BCUT2D eigenvalue weighted by atomic mass is 10.2. The molecular weight excluding hydrogens is 276 g/mol. The fourth-order valence-electron chi connectivity index (χ4n) is 1.69. The summed E-state index contributed by atoms with van der Waals surface area (Å²) in [5.41, 5.74) is 0.501. The Morgan fingerprint density at radius 1 is 1.14 bits per heavy atom. The molecule has 0 unspecified atom stereocenters. The second-order valence-corrected chi connectivity index (χ2v) is 4.35. The summed E-state index contributed by atoms with van der Waals surface area (Å²) < 4.78 is 0. The minimum Gasteiger partial charge on any atom is -0.506 e. The highest BCUT2D eigenvalue weighted by Crippen LogP contribution is 2.24. The first-order chi connectivity index (χ1) is 9.88. The number of nitrogens with one attached hydrogen (secondary N) is 2. The van der Waals surface area contributed by atoms with E-state index in [9.17, 15) is 19.5 Å². The van der Waals surface area contributed by atoms with E-state index in [0.717, 1.165) is 6.07 Å². The number of hydrogen-bond acceptors (Lipinski definition) is 4. The van der Waals surface area contributed by atoms with Crippen LogP contribution in [0.5, 0.6) is 5.75 Å². The van der Waals surface area contributed by atoms with Crippen LogP contribution in [0.4, 0.5) is 5.69 Å². The Labute approximate surface area is 119 Å². The van der Waals surface area contributed by atoms with Crippen LogP contribution in [0.3, 0.4) is 0 Å². The Balaban J connectivity index is 2.19. The van der Waals surface area contributed by atoms with Crippen LogP contribution in [0.1, 0.15) is 38.1 Å². The maximum atomic E-state index is 11.9. The zero-order chi connectivity index (χ0) is 15.6. The molecule has 0 bridgehead atoms. The maximum Gasteiger partial charge on any atom is 0.335 e. The minimum atomic E-state index is -1.18. The van der Waals surface area contributed by atoms with Gasteiger partial charge in [0.05, 0.1) is 11.3 Å². The van der Waals surface area contributed by atoms with Crippen LogP contribution in [0.2, 0.25) is 0 Å². The molecule has 0 aliphatic rings. The lowest BCUT2D eigenvalue weighted by molar-refractivity contribution is 0.0696. The number of hydrogen-bond donors (Lipinski definition) is 4. The van der Waals surface area contributed by atoms with Crippen molar-refractivity contribution in [2.75, 3.05) is 5.32 Å². The molecule has 7 heteroatoms. The molecule has 0 saturated heterocycles. The molecule has 0 aliphatic heterocycles. The summed E-state index contributed by atoms with van der Waals surface area (Å²) >= 11 is 0. The SMILES string of the molecule is CC(=O)c1c[nH]c(C(=O)Nc2ccc(C(=O)O)cc2O)c1. The number of phenols is 1. The van der Waals surface area contributed by atoms with E-state index in [1.807, 2.05) is 0 Å². The molecule has 0 fully saturated rings. The predicted molar refractivity (Wildman–Crippen MR) is 73.8 cm³/mol. The highest BCUT2D eigenvalue weighted by atomic mass is 16.4. The maximum absolute atomic E-state index is 11.9. The largest absolute Gasteiger partial charge is 0.506 e. The Morgan fingerprint density at radius 3 is 2.38 bits per heavy atom. The second-order valence-electron chi connectivity index (χ2n) is 4.35. The van der Waals surface area contributed by atoms with Crippen molar-refractivity contribution in [2.24, 2.45) is 0 Å². The number of carbonyl (C=O) groups is 3. The number of H-pyrrole nitrogens is 1. The molecule has 1 amide bonds. The number of carboxylic acid groups (broad SMARTS) is 1. The Kier molecular flexibility index (Phi) is 3.75. The number of carbonyl (C=O) groups excluding carboxylic acids is 2. The van der Waals surface area contributed by atoms with E-state index in [-0.39, 0.29) is 28.5 Å². The van der Waals surface area contributed by atoms with Gasteiger partial charge >= 0.3 is 5.97 Å². The number of Topliss-reactive ketones (excluding diaryl/α,β-unsaturated/α-hetero) is 1. The lowest BCUT2D eigenvalue weighted by Gasteiger charge is -2.06. The normalized spacial score (nSPS) is 10.1. The van der Waals surface area contributed by atoms with E-state index in [1.54, 1.807) is 0 Å². The molecule has 0 atom stereocenters. The molecule has 0 aliphatic carbocycles. The number of benzene rings is 1. The first-order valence-electron chi connectivity index (χ1n) is 5.95. The third-order valence-corrected chi connectivity index (χ3v) is 2.83. The van der Waals surface area contributed by atoms with Gasteiger partial charge in [0.2, 0.25) is 0 Å². The summed E-state index contributed by atoms with van der Waals surface area (Å²) in [5, 5.41) is 20.9. The topological polar surface area (TPSA) is 119 Å². The number of rotatable bonds is 4. The third-order valence-electron chi connectivity index (χ3n) is 2.83. The van der Waals surface area contributed by atoms with Crippen molar-refractivity contribution in [3.05, 3.63) is 47.3 Å². The number of anilines is 1. The quantitative estimate of drug-likeness (QED) is 0.505. The van der Waals surface area contributed by atoms with Crippen LogP contribution < -0.4 is 5.32 Å². The Morgan fingerprint density at radius 2 is 1.86 bits per heavy atom. The summed E-state index contributed by atoms with van der Waals surface area (Å²) in [4.78, 5) is 36.5. The molecule has 0 radical (unpaired) electrons. The molecule has 0 spiro atoms. The second kappa shape index (κ2) is 5.49. The molecule has 2 rings (SSSR count). The van der Waals surface area contributed by atoms with Gasteiger partial charge in [0.15, 0.2) is 5.78 Å². The number of aromatic carboxylic acids is 1. The van der Waals surface area contributed by atoms with Crippen LogP contribution in [0, 0.1) is 0 Å². The first-order valence-corrected chi connectivity index (χ1v) is 5.95. The smallest absolute Gasteiger partial charge is 0.335 e. The van der Waals surface area contributed by atoms with Gasteiger partial charge in [0.1, 0.15) is 11.4 Å². The monoisotopic (exact) mass is 288 g/mol. The molecule has 1 heterocycles. The molecule has 1 aromatic carbocycles. The van der Waals surface area contributed by atoms with Gasteiger partial charge < -0.3 is 20.5 Å². The van der Waals surface area contributed by atoms with Gasteiger partial charge in [0, 0.05) is 11.8 Å². The van der Waals surface area contributed by atoms with E-state index in [4.69, 9.17) is 5.11 Å². The minimum absolute atomic E-state index is 0.0731. The lowest BCUT2D eigenvalue weighted by Crippen LogP contribution is -2.12. The molecule has 7 nitrogen and oxygen atoms in total. The van der Waals surface area contributed by atoms with Crippen molar-refractivity contribution in [1.82, 2.24) is 4.98 Å². The van der Waals surface area contributed by atoms with Crippen molar-refractivity contribution in [1.29, 1.82) is 0 Å².